The summed E-state index contributed by atoms with van der Waals surface area (Å²) in [7, 11) is 1.66. The summed E-state index contributed by atoms with van der Waals surface area (Å²) in [6.07, 6.45) is 0.937. The van der Waals surface area contributed by atoms with Gasteiger partial charge >= 0.3 is 5.97 Å². The van der Waals surface area contributed by atoms with Crippen LogP contribution in [0.25, 0.3) is 0 Å². The fourth-order valence-electron chi connectivity index (χ4n) is 3.87. The van der Waals surface area contributed by atoms with Crippen molar-refractivity contribution in [1.29, 1.82) is 0 Å². The predicted octanol–water partition coefficient (Wildman–Crippen LogP) is 4.55. The van der Waals surface area contributed by atoms with E-state index in [4.69, 9.17) is 30.8 Å². The van der Waals surface area contributed by atoms with Crippen molar-refractivity contribution in [3.8, 4) is 11.5 Å². The standard InChI is InChI=1S/C25H30ClN3O4/c1-25(2,31-3)10-13-32-23(30)15-18-16-29(12-11-27-18)24-19-6-4-5-7-21(19)33-22-9-8-17(26)14-20(22)28-24/h4-9,14,18,27H,10-13,15-16H2,1-3H3. The molecule has 2 heterocycles. The number of carbonyl (C=O) groups is 1. The number of esters is 1. The van der Waals surface area contributed by atoms with Crippen LogP contribution in [0, 0.1) is 0 Å². The SMILES string of the molecule is COC(C)(C)CCOC(=O)CC1CN(C2=Nc3cc(Cl)ccc3Oc3ccccc32)CCN1. The fourth-order valence-corrected chi connectivity index (χ4v) is 4.03. The van der Waals surface area contributed by atoms with Crippen LogP contribution in [0.4, 0.5) is 5.69 Å². The number of para-hydroxylation sites is 1. The van der Waals surface area contributed by atoms with Crippen molar-refractivity contribution in [3.05, 3.63) is 53.1 Å². The Hall–Kier alpha value is -2.61. The van der Waals surface area contributed by atoms with Gasteiger partial charge in [0.1, 0.15) is 17.3 Å². The van der Waals surface area contributed by atoms with E-state index in [1.54, 1.807) is 19.2 Å². The van der Waals surface area contributed by atoms with Gasteiger partial charge in [0.2, 0.25) is 0 Å². The number of amidine groups is 1. The van der Waals surface area contributed by atoms with Crippen LogP contribution in [0.2, 0.25) is 5.02 Å². The summed E-state index contributed by atoms with van der Waals surface area (Å²) in [6.45, 7) is 6.41. The Labute approximate surface area is 199 Å². The predicted molar refractivity (Wildman–Crippen MR) is 129 cm³/mol. The number of nitrogens with zero attached hydrogens (tertiary/aromatic N) is 2. The van der Waals surface area contributed by atoms with Crippen LogP contribution in [-0.4, -0.2) is 61.7 Å². The van der Waals surface area contributed by atoms with Gasteiger partial charge in [0.25, 0.3) is 0 Å². The summed E-state index contributed by atoms with van der Waals surface area (Å²) in [6, 6.07) is 13.3. The van der Waals surface area contributed by atoms with E-state index in [1.807, 2.05) is 44.2 Å². The maximum absolute atomic E-state index is 12.4. The highest BCUT2D eigenvalue weighted by Gasteiger charge is 2.28. The molecule has 33 heavy (non-hydrogen) atoms. The van der Waals surface area contributed by atoms with Crippen LogP contribution in [0.3, 0.4) is 0 Å². The first-order valence-electron chi connectivity index (χ1n) is 11.2. The van der Waals surface area contributed by atoms with Gasteiger partial charge in [-0.15, -0.1) is 0 Å². The van der Waals surface area contributed by atoms with Gasteiger partial charge in [-0.05, 0) is 44.2 Å². The number of carbonyl (C=O) groups excluding carboxylic acids is 1. The largest absolute Gasteiger partial charge is 0.466 e. The van der Waals surface area contributed by atoms with Crippen molar-refractivity contribution < 1.29 is 19.0 Å². The number of piperazine rings is 1. The van der Waals surface area contributed by atoms with E-state index in [-0.39, 0.29) is 24.0 Å². The van der Waals surface area contributed by atoms with Gasteiger partial charge in [-0.25, -0.2) is 4.99 Å². The van der Waals surface area contributed by atoms with Gasteiger partial charge in [-0.1, -0.05) is 23.7 Å². The Bertz CT molecular complexity index is 1040. The average Bonchev–Trinajstić information content (AvgIpc) is 2.95. The molecule has 1 fully saturated rings. The lowest BCUT2D eigenvalue weighted by atomic mass is 10.1. The number of benzene rings is 2. The lowest BCUT2D eigenvalue weighted by molar-refractivity contribution is -0.146. The number of ether oxygens (including phenoxy) is 3. The average molecular weight is 472 g/mol. The molecule has 0 spiro atoms. The number of halogens is 1. The molecule has 2 aliphatic heterocycles. The van der Waals surface area contributed by atoms with Gasteiger partial charge in [-0.3, -0.25) is 4.79 Å². The quantitative estimate of drug-likeness (QED) is 0.623. The lowest BCUT2D eigenvalue weighted by Crippen LogP contribution is -2.53. The molecule has 7 nitrogen and oxygen atoms in total. The minimum absolute atomic E-state index is 0.0421. The van der Waals surface area contributed by atoms with Gasteiger partial charge in [0, 0.05) is 44.2 Å². The first-order chi connectivity index (χ1) is 15.8. The minimum atomic E-state index is -0.313. The van der Waals surface area contributed by atoms with Crippen molar-refractivity contribution in [1.82, 2.24) is 10.2 Å². The molecule has 0 saturated carbocycles. The summed E-state index contributed by atoms with van der Waals surface area (Å²) >= 11 is 6.23. The summed E-state index contributed by atoms with van der Waals surface area (Å²) < 4.78 is 17.0. The molecule has 0 radical (unpaired) electrons. The molecular weight excluding hydrogens is 442 g/mol. The number of fused-ring (bicyclic) bond motifs is 2. The van der Waals surface area contributed by atoms with Gasteiger partial charge in [0.05, 0.1) is 24.2 Å². The molecule has 0 aromatic heterocycles. The van der Waals surface area contributed by atoms with Crippen molar-refractivity contribution in [2.24, 2.45) is 4.99 Å². The van der Waals surface area contributed by atoms with Crippen LogP contribution < -0.4 is 10.1 Å². The van der Waals surface area contributed by atoms with Crippen molar-refractivity contribution in [2.75, 3.05) is 33.4 Å². The van der Waals surface area contributed by atoms with E-state index in [1.165, 1.54) is 0 Å². The molecular formula is C25H30ClN3O4. The van der Waals surface area contributed by atoms with Crippen LogP contribution in [0.1, 0.15) is 32.3 Å². The van der Waals surface area contributed by atoms with E-state index in [2.05, 4.69) is 10.2 Å². The van der Waals surface area contributed by atoms with E-state index in [9.17, 15) is 4.79 Å². The van der Waals surface area contributed by atoms with E-state index >= 15 is 0 Å². The molecule has 0 bridgehead atoms. The Kier molecular flexibility index (Phi) is 7.22. The van der Waals surface area contributed by atoms with E-state index in [0.29, 0.717) is 36.0 Å². The molecule has 176 valence electrons. The van der Waals surface area contributed by atoms with Crippen LogP contribution in [0.5, 0.6) is 11.5 Å². The molecule has 1 unspecified atom stereocenters. The maximum Gasteiger partial charge on any atom is 0.307 e. The second kappa shape index (κ2) is 10.1. The second-order valence-corrected chi connectivity index (χ2v) is 9.32. The van der Waals surface area contributed by atoms with E-state index in [0.717, 1.165) is 30.2 Å². The van der Waals surface area contributed by atoms with Crippen molar-refractivity contribution in [2.45, 2.75) is 38.3 Å². The molecule has 8 heteroatoms. The highest BCUT2D eigenvalue weighted by Crippen LogP contribution is 2.39. The Balaban J connectivity index is 1.48. The Morgan fingerprint density at radius 2 is 2.09 bits per heavy atom. The third-order valence-corrected chi connectivity index (χ3v) is 6.22. The van der Waals surface area contributed by atoms with E-state index < -0.39 is 0 Å². The first-order valence-corrected chi connectivity index (χ1v) is 11.6. The zero-order valence-corrected chi connectivity index (χ0v) is 20.0. The third kappa shape index (κ3) is 5.85. The van der Waals surface area contributed by atoms with Crippen LogP contribution in [-0.2, 0) is 14.3 Å². The third-order valence-electron chi connectivity index (χ3n) is 5.98. The zero-order chi connectivity index (χ0) is 23.4. The van der Waals surface area contributed by atoms with Crippen molar-refractivity contribution in [3.63, 3.8) is 0 Å². The smallest absolute Gasteiger partial charge is 0.307 e. The second-order valence-electron chi connectivity index (χ2n) is 8.88. The maximum atomic E-state index is 12.4. The number of nitrogens with one attached hydrogen (secondary N) is 1. The number of rotatable bonds is 6. The first kappa shape index (κ1) is 23.5. The van der Waals surface area contributed by atoms with Crippen molar-refractivity contribution >= 4 is 29.1 Å². The highest BCUT2D eigenvalue weighted by molar-refractivity contribution is 6.31. The van der Waals surface area contributed by atoms with Gasteiger partial charge < -0.3 is 24.4 Å². The molecule has 2 aliphatic rings. The summed E-state index contributed by atoms with van der Waals surface area (Å²) in [4.78, 5) is 19.6. The minimum Gasteiger partial charge on any atom is -0.466 e. The van der Waals surface area contributed by atoms with Gasteiger partial charge in [-0.2, -0.15) is 0 Å². The molecule has 2 aromatic rings. The highest BCUT2D eigenvalue weighted by atomic mass is 35.5. The van der Waals surface area contributed by atoms with Crippen LogP contribution >= 0.6 is 11.6 Å². The number of hydrogen-bond acceptors (Lipinski definition) is 7. The molecule has 1 N–H and O–H groups in total. The normalized spacial score (nSPS) is 17.9. The topological polar surface area (TPSA) is 72.4 Å². The van der Waals surface area contributed by atoms with Gasteiger partial charge in [0.15, 0.2) is 5.75 Å². The Morgan fingerprint density at radius 3 is 2.91 bits per heavy atom. The fraction of sp³-hybridized carbons (Fsp3) is 0.440. The summed E-state index contributed by atoms with van der Waals surface area (Å²) in [5.41, 5.74) is 1.28. The number of methoxy groups -OCH3 is 1. The molecule has 1 saturated heterocycles. The Morgan fingerprint density at radius 1 is 1.27 bits per heavy atom. The monoisotopic (exact) mass is 471 g/mol. The molecule has 0 amide bonds. The summed E-state index contributed by atoms with van der Waals surface area (Å²) in [5, 5.41) is 4.03. The number of hydrogen-bond donors (Lipinski definition) is 1. The molecule has 2 aromatic carbocycles. The molecule has 0 aliphatic carbocycles. The summed E-state index contributed by atoms with van der Waals surface area (Å²) in [5.74, 6) is 2.00. The lowest BCUT2D eigenvalue weighted by Gasteiger charge is -2.35. The zero-order valence-electron chi connectivity index (χ0n) is 19.3. The number of aliphatic imine (C=N–C) groups is 1. The molecule has 1 atom stereocenters. The molecule has 4 rings (SSSR count). The van der Waals surface area contributed by atoms with Crippen LogP contribution in [0.15, 0.2) is 47.5 Å².